The van der Waals surface area contributed by atoms with E-state index in [0.29, 0.717) is 69.1 Å². The van der Waals surface area contributed by atoms with Crippen molar-refractivity contribution in [2.75, 3.05) is 0 Å². The maximum absolute atomic E-state index is 7.31. The molecule has 0 saturated carbocycles. The minimum atomic E-state index is 0. The van der Waals surface area contributed by atoms with Crippen LogP contribution in [0.1, 0.15) is 0 Å². The van der Waals surface area contributed by atoms with Gasteiger partial charge in [0.2, 0.25) is 17.6 Å². The van der Waals surface area contributed by atoms with Gasteiger partial charge in [-0.2, -0.15) is 0 Å². The van der Waals surface area contributed by atoms with E-state index in [0.717, 1.165) is 134 Å². The van der Waals surface area contributed by atoms with E-state index < -0.39 is 0 Å². The molecule has 9 aromatic heterocycles. The fraction of sp³-hybridized carbons (Fsp3) is 0. The Balaban J connectivity index is 0.00000959. The average Bonchev–Trinajstić information content (AvgIpc) is 0.758. The number of benzene rings is 10. The number of ether oxygens (including phenoxy) is 3. The second-order valence-corrected chi connectivity index (χ2v) is 27.7. The van der Waals surface area contributed by atoms with E-state index in [4.69, 9.17) is 59.1 Å². The van der Waals surface area contributed by atoms with Crippen molar-refractivity contribution >= 4 is 0 Å². The largest absolute Gasteiger partial charge is 3.00 e. The molecule has 0 aliphatic heterocycles. The molecule has 0 bridgehead atoms. The number of pyridine rings is 9. The normalized spacial score (nSPS) is 11.0. The molecule has 0 unspecified atom stereocenters. The van der Waals surface area contributed by atoms with Gasteiger partial charge in [-0.1, -0.05) is 253 Å². The first-order valence-electron chi connectivity index (χ1n) is 38.3. The molecule has 0 atom stereocenters. The average molecular weight is 1690 g/mol. The van der Waals surface area contributed by atoms with Crippen LogP contribution in [0.25, 0.3) is 168 Å². The molecule has 558 valence electrons. The van der Waals surface area contributed by atoms with Crippen molar-refractivity contribution < 1.29 is 34.3 Å². The van der Waals surface area contributed by atoms with E-state index in [2.05, 4.69) is 164 Å². The Morgan fingerprint density at radius 1 is 0.178 bits per heavy atom. The van der Waals surface area contributed by atoms with Gasteiger partial charge in [0, 0.05) is 55.4 Å². The van der Waals surface area contributed by atoms with E-state index in [1.807, 2.05) is 218 Å². The van der Waals surface area contributed by atoms with Crippen LogP contribution in [0, 0.1) is 18.2 Å². The molecular formula is C105H66IrN9O3. The topological polar surface area (TPSA) is 144 Å². The number of nitrogens with zero attached hydrogens (tertiary/aromatic N) is 9. The van der Waals surface area contributed by atoms with Crippen LogP contribution in [-0.2, 0) is 20.1 Å². The van der Waals surface area contributed by atoms with Crippen molar-refractivity contribution in [2.45, 2.75) is 0 Å². The Labute approximate surface area is 696 Å². The molecule has 19 aromatic rings. The third kappa shape index (κ3) is 16.1. The van der Waals surface area contributed by atoms with Crippen LogP contribution >= 0.6 is 0 Å². The van der Waals surface area contributed by atoms with Crippen molar-refractivity contribution in [3.63, 3.8) is 0 Å². The molecule has 118 heavy (non-hydrogen) atoms. The second-order valence-electron chi connectivity index (χ2n) is 27.7. The summed E-state index contributed by atoms with van der Waals surface area (Å²) in [6, 6.07) is 133. The van der Waals surface area contributed by atoms with Gasteiger partial charge in [0.05, 0.1) is 51.4 Å². The van der Waals surface area contributed by atoms with Crippen LogP contribution in [0.15, 0.2) is 401 Å². The first kappa shape index (κ1) is 74.0. The Kier molecular flexibility index (Phi) is 21.4. The predicted octanol–water partition coefficient (Wildman–Crippen LogP) is 26.0. The van der Waals surface area contributed by atoms with Crippen LogP contribution in [-0.4, -0.2) is 44.9 Å². The zero-order valence-corrected chi connectivity index (χ0v) is 65.6. The molecule has 0 N–H and O–H groups in total. The van der Waals surface area contributed by atoms with Crippen molar-refractivity contribution in [2.24, 2.45) is 0 Å². The summed E-state index contributed by atoms with van der Waals surface area (Å²) in [4.78, 5) is 44.3. The van der Waals surface area contributed by atoms with Crippen LogP contribution in [0.2, 0.25) is 0 Å². The first-order valence-corrected chi connectivity index (χ1v) is 38.3. The van der Waals surface area contributed by atoms with E-state index in [1.165, 1.54) is 0 Å². The summed E-state index contributed by atoms with van der Waals surface area (Å²) in [5.41, 5.74) is 24.4. The molecule has 0 spiro atoms. The Morgan fingerprint density at radius 3 is 0.669 bits per heavy atom. The van der Waals surface area contributed by atoms with Gasteiger partial charge < -0.3 is 29.2 Å². The number of rotatable bonds is 21. The summed E-state index contributed by atoms with van der Waals surface area (Å²) in [5, 5.41) is 0. The van der Waals surface area contributed by atoms with E-state index in [-0.39, 0.29) is 20.1 Å². The minimum Gasteiger partial charge on any atom is -0.458 e. The monoisotopic (exact) mass is 1690 g/mol. The van der Waals surface area contributed by atoms with Gasteiger partial charge in [0.15, 0.2) is 0 Å². The van der Waals surface area contributed by atoms with Gasteiger partial charge in [-0.05, 0) is 192 Å². The van der Waals surface area contributed by atoms with E-state index in [1.54, 1.807) is 37.2 Å². The summed E-state index contributed by atoms with van der Waals surface area (Å²) in [6.45, 7) is 0. The molecular weight excluding hydrogens is 1630 g/mol. The van der Waals surface area contributed by atoms with Crippen LogP contribution < -0.4 is 14.2 Å². The standard InChI is InChI=1S/C105H66N9O3.Ir/c1-4-28-70(29-5-1)76-61-97(94-43-19-25-55-109-94)112-103(67-76)115-100-64-73(91-40-16-22-52-106-91)46-49-88(100)85-37-13-10-34-82(85)79-58-80(83-35-11-14-38-86(83)89-50-47-74(92-41-17-23-53-107-92)65-101(89)116-104-68-77(71-30-6-2-7-31-71)62-98(113-104)95-44-20-26-56-110-95)60-81(59-79)84-36-12-15-39-87(84)90-51-48-75(93-42-18-24-54-108-93)66-102(90)117-105-69-78(72-32-8-3-9-33-72)63-99(114-105)96-45-21-27-57-111-96;/h1-45,49-69H;/q-3;+3. The third-order valence-electron chi connectivity index (χ3n) is 20.2. The first-order chi connectivity index (χ1) is 57.9. The predicted molar refractivity (Wildman–Crippen MR) is 464 cm³/mol. The quantitative estimate of drug-likeness (QED) is 0.0632. The van der Waals surface area contributed by atoms with Gasteiger partial charge >= 0.3 is 20.1 Å². The summed E-state index contributed by atoms with van der Waals surface area (Å²) in [5.74, 6) is 2.70. The Morgan fingerprint density at radius 2 is 0.415 bits per heavy atom. The molecule has 9 heterocycles. The molecule has 10 aromatic carbocycles. The number of aromatic nitrogens is 9. The summed E-state index contributed by atoms with van der Waals surface area (Å²) < 4.78 is 21.9. The van der Waals surface area contributed by atoms with Crippen molar-refractivity contribution in [1.29, 1.82) is 0 Å². The fourth-order valence-corrected chi connectivity index (χ4v) is 14.7. The summed E-state index contributed by atoms with van der Waals surface area (Å²) in [7, 11) is 0. The van der Waals surface area contributed by atoms with Gasteiger partial charge in [-0.25, -0.2) is 15.0 Å². The smallest absolute Gasteiger partial charge is 0.458 e. The molecule has 12 nitrogen and oxygen atoms in total. The summed E-state index contributed by atoms with van der Waals surface area (Å²) in [6.07, 6.45) is 10.7. The Hall–Kier alpha value is -15.4. The number of hydrogen-bond acceptors (Lipinski definition) is 12. The SMILES string of the molecule is [Ir+3].[c-]1cc(-c2ccccc2-c2cc(-c3ccccc3-c3c[c-]c(-c4ccccn4)cc3Oc3cc(-c4ccccc4)cc(-c4ccccn4)n3)cc(-c3ccccc3-c3c[c-]c(-c4ccccn4)cc3Oc3cc(-c4ccccc4)cc(-c4ccccn4)n3)c2)c(Oc2cc(-c3ccccc3)cc(-c3ccccn3)n2)cc1-c1ccccn1. The molecule has 0 fully saturated rings. The molecule has 19 rings (SSSR count). The molecule has 0 amide bonds. The molecule has 0 aliphatic rings. The number of hydrogen-bond donors (Lipinski definition) is 0. The fourth-order valence-electron chi connectivity index (χ4n) is 14.7. The van der Waals surface area contributed by atoms with Crippen LogP contribution in [0.3, 0.4) is 0 Å². The second kappa shape index (κ2) is 34.1. The van der Waals surface area contributed by atoms with E-state index in [9.17, 15) is 0 Å². The maximum atomic E-state index is 7.31. The van der Waals surface area contributed by atoms with Crippen molar-refractivity contribution in [3.8, 4) is 203 Å². The van der Waals surface area contributed by atoms with Gasteiger partial charge in [-0.15, -0.1) is 53.1 Å². The molecule has 13 heteroatoms. The minimum absolute atomic E-state index is 0. The maximum Gasteiger partial charge on any atom is 3.00 e. The molecule has 0 radical (unpaired) electrons. The van der Waals surface area contributed by atoms with E-state index >= 15 is 0 Å². The zero-order chi connectivity index (χ0) is 78.1. The summed E-state index contributed by atoms with van der Waals surface area (Å²) >= 11 is 0. The Bertz CT molecular complexity index is 5930. The molecule has 0 aliphatic carbocycles. The van der Waals surface area contributed by atoms with Crippen molar-refractivity contribution in [3.05, 3.63) is 419 Å². The van der Waals surface area contributed by atoms with Gasteiger partial charge in [-0.3, -0.25) is 15.0 Å². The van der Waals surface area contributed by atoms with Crippen LogP contribution in [0.5, 0.6) is 34.9 Å². The van der Waals surface area contributed by atoms with Gasteiger partial charge in [0.25, 0.3) is 0 Å². The third-order valence-corrected chi connectivity index (χ3v) is 20.2. The van der Waals surface area contributed by atoms with Crippen LogP contribution in [0.4, 0.5) is 0 Å². The van der Waals surface area contributed by atoms with Crippen molar-refractivity contribution in [1.82, 2.24) is 44.9 Å². The molecule has 0 saturated heterocycles. The van der Waals surface area contributed by atoms with Gasteiger partial charge in [0.1, 0.15) is 0 Å². The zero-order valence-electron chi connectivity index (χ0n) is 63.2.